The summed E-state index contributed by atoms with van der Waals surface area (Å²) in [6.45, 7) is 2.09. The molecule has 11 heavy (non-hydrogen) atoms. The third-order valence-electron chi connectivity index (χ3n) is 1.36. The lowest BCUT2D eigenvalue weighted by Crippen LogP contribution is -1.77. The molecule has 0 amide bonds. The van der Waals surface area contributed by atoms with Gasteiger partial charge in [-0.25, -0.2) is 0 Å². The van der Waals surface area contributed by atoms with Crippen LogP contribution in [0.2, 0.25) is 0 Å². The van der Waals surface area contributed by atoms with E-state index in [-0.39, 0.29) is 0 Å². The van der Waals surface area contributed by atoms with Crippen molar-refractivity contribution in [2.24, 2.45) is 5.16 Å². The Morgan fingerprint density at radius 3 is 3.09 bits per heavy atom. The number of rotatable bonds is 3. The van der Waals surface area contributed by atoms with Crippen molar-refractivity contribution < 1.29 is 9.62 Å². The van der Waals surface area contributed by atoms with E-state index in [1.54, 1.807) is 6.07 Å². The smallest absolute Gasteiger partial charge is 0.148 e. The lowest BCUT2D eigenvalue weighted by atomic mass is 10.3. The van der Waals surface area contributed by atoms with Crippen molar-refractivity contribution in [3.63, 3.8) is 0 Å². The summed E-state index contributed by atoms with van der Waals surface area (Å²) in [5, 5.41) is 11.0. The van der Waals surface area contributed by atoms with E-state index in [2.05, 4.69) is 12.1 Å². The number of nitrogens with zero attached hydrogens (tertiary/aromatic N) is 1. The molecule has 0 aliphatic rings. The zero-order valence-electron chi connectivity index (χ0n) is 6.45. The quantitative estimate of drug-likeness (QED) is 0.410. The zero-order chi connectivity index (χ0) is 8.10. The van der Waals surface area contributed by atoms with E-state index >= 15 is 0 Å². The van der Waals surface area contributed by atoms with Crippen LogP contribution >= 0.6 is 0 Å². The first-order chi connectivity index (χ1) is 5.36. The molecule has 3 heteroatoms. The fourth-order valence-corrected chi connectivity index (χ4v) is 0.902. The molecule has 0 saturated carbocycles. The fourth-order valence-electron chi connectivity index (χ4n) is 0.902. The summed E-state index contributed by atoms with van der Waals surface area (Å²) >= 11 is 0. The second-order valence-electron chi connectivity index (χ2n) is 2.30. The molecule has 1 heterocycles. The molecule has 60 valence electrons. The number of furan rings is 1. The number of oxime groups is 1. The summed E-state index contributed by atoms with van der Waals surface area (Å²) in [6, 6.07) is 3.67. The Morgan fingerprint density at radius 1 is 1.64 bits per heavy atom. The van der Waals surface area contributed by atoms with E-state index in [9.17, 15) is 0 Å². The Hall–Kier alpha value is -1.25. The standard InChI is InChI=1S/C8H11NO2/c1-2-3-7-4-5-8(11-7)6-9-10/h4-6,10H,2-3H2,1H3/b9-6-. The minimum Gasteiger partial charge on any atom is -0.460 e. The van der Waals surface area contributed by atoms with Gasteiger partial charge in [-0.2, -0.15) is 0 Å². The first-order valence-corrected chi connectivity index (χ1v) is 3.63. The van der Waals surface area contributed by atoms with Gasteiger partial charge in [0.1, 0.15) is 17.7 Å². The molecule has 0 aliphatic heterocycles. The van der Waals surface area contributed by atoms with Crippen molar-refractivity contribution in [2.45, 2.75) is 19.8 Å². The molecular weight excluding hydrogens is 142 g/mol. The highest BCUT2D eigenvalue weighted by molar-refractivity contribution is 5.75. The summed E-state index contributed by atoms with van der Waals surface area (Å²) in [4.78, 5) is 0. The van der Waals surface area contributed by atoms with Crippen LogP contribution in [0.4, 0.5) is 0 Å². The van der Waals surface area contributed by atoms with Gasteiger partial charge in [-0.1, -0.05) is 12.1 Å². The van der Waals surface area contributed by atoms with E-state index in [1.807, 2.05) is 6.07 Å². The molecule has 0 aromatic carbocycles. The van der Waals surface area contributed by atoms with Gasteiger partial charge in [-0.05, 0) is 18.6 Å². The van der Waals surface area contributed by atoms with E-state index in [0.29, 0.717) is 5.76 Å². The minimum absolute atomic E-state index is 0.593. The first-order valence-electron chi connectivity index (χ1n) is 3.63. The van der Waals surface area contributed by atoms with Gasteiger partial charge < -0.3 is 9.62 Å². The Labute approximate surface area is 65.3 Å². The number of hydrogen-bond donors (Lipinski definition) is 1. The Morgan fingerprint density at radius 2 is 2.45 bits per heavy atom. The summed E-state index contributed by atoms with van der Waals surface area (Å²) in [5.41, 5.74) is 0. The van der Waals surface area contributed by atoms with Crippen LogP contribution in [0.25, 0.3) is 0 Å². The molecule has 1 aromatic rings. The largest absolute Gasteiger partial charge is 0.460 e. The Balaban J connectivity index is 2.65. The number of hydrogen-bond acceptors (Lipinski definition) is 3. The monoisotopic (exact) mass is 153 g/mol. The van der Waals surface area contributed by atoms with Crippen molar-refractivity contribution >= 4 is 6.21 Å². The van der Waals surface area contributed by atoms with Gasteiger partial charge in [-0.3, -0.25) is 0 Å². The second kappa shape index (κ2) is 3.81. The molecule has 0 atom stereocenters. The first kappa shape index (κ1) is 7.85. The van der Waals surface area contributed by atoms with E-state index in [0.717, 1.165) is 18.6 Å². The molecule has 0 bridgehead atoms. The van der Waals surface area contributed by atoms with Gasteiger partial charge in [-0.15, -0.1) is 0 Å². The predicted octanol–water partition coefficient (Wildman–Crippen LogP) is 2.04. The molecule has 1 N–H and O–H groups in total. The van der Waals surface area contributed by atoms with Crippen LogP contribution in [0.3, 0.4) is 0 Å². The average molecular weight is 153 g/mol. The summed E-state index contributed by atoms with van der Waals surface area (Å²) < 4.78 is 5.26. The number of aryl methyl sites for hydroxylation is 1. The molecular formula is C8H11NO2. The fraction of sp³-hybridized carbons (Fsp3) is 0.375. The predicted molar refractivity (Wildman–Crippen MR) is 42.1 cm³/mol. The average Bonchev–Trinajstić information content (AvgIpc) is 2.38. The van der Waals surface area contributed by atoms with Crippen LogP contribution in [0, 0.1) is 0 Å². The summed E-state index contributed by atoms with van der Waals surface area (Å²) in [6.07, 6.45) is 3.27. The van der Waals surface area contributed by atoms with Crippen molar-refractivity contribution in [3.05, 3.63) is 23.7 Å². The Kier molecular flexibility index (Phi) is 2.72. The lowest BCUT2D eigenvalue weighted by molar-refractivity contribution is 0.320. The van der Waals surface area contributed by atoms with Gasteiger partial charge in [0.15, 0.2) is 0 Å². The molecule has 3 nitrogen and oxygen atoms in total. The second-order valence-corrected chi connectivity index (χ2v) is 2.30. The van der Waals surface area contributed by atoms with Crippen LogP contribution in [0.1, 0.15) is 24.9 Å². The SMILES string of the molecule is CCCc1ccc(/C=N\O)o1. The summed E-state index contributed by atoms with van der Waals surface area (Å²) in [5.74, 6) is 1.53. The molecule has 0 fully saturated rings. The van der Waals surface area contributed by atoms with Gasteiger partial charge in [0.2, 0.25) is 0 Å². The maximum atomic E-state index is 8.17. The topological polar surface area (TPSA) is 45.7 Å². The molecule has 0 unspecified atom stereocenters. The van der Waals surface area contributed by atoms with Crippen molar-refractivity contribution in [1.82, 2.24) is 0 Å². The molecule has 1 aromatic heterocycles. The van der Waals surface area contributed by atoms with E-state index < -0.39 is 0 Å². The maximum Gasteiger partial charge on any atom is 0.148 e. The lowest BCUT2D eigenvalue weighted by Gasteiger charge is -1.88. The van der Waals surface area contributed by atoms with Crippen LogP contribution in [-0.2, 0) is 6.42 Å². The van der Waals surface area contributed by atoms with Crippen LogP contribution in [-0.4, -0.2) is 11.4 Å². The van der Waals surface area contributed by atoms with Gasteiger partial charge in [0.25, 0.3) is 0 Å². The third-order valence-corrected chi connectivity index (χ3v) is 1.36. The van der Waals surface area contributed by atoms with Gasteiger partial charge in [0.05, 0.1) is 0 Å². The minimum atomic E-state index is 0.593. The van der Waals surface area contributed by atoms with E-state index in [4.69, 9.17) is 9.62 Å². The van der Waals surface area contributed by atoms with E-state index in [1.165, 1.54) is 6.21 Å². The normalized spacial score (nSPS) is 11.0. The van der Waals surface area contributed by atoms with Gasteiger partial charge in [0, 0.05) is 6.42 Å². The van der Waals surface area contributed by atoms with Gasteiger partial charge >= 0.3 is 0 Å². The molecule has 1 rings (SSSR count). The van der Waals surface area contributed by atoms with Crippen LogP contribution in [0.5, 0.6) is 0 Å². The van der Waals surface area contributed by atoms with Crippen molar-refractivity contribution in [1.29, 1.82) is 0 Å². The molecule has 0 aliphatic carbocycles. The third kappa shape index (κ3) is 2.11. The summed E-state index contributed by atoms with van der Waals surface area (Å²) in [7, 11) is 0. The highest BCUT2D eigenvalue weighted by Crippen LogP contribution is 2.07. The van der Waals surface area contributed by atoms with Crippen molar-refractivity contribution in [2.75, 3.05) is 0 Å². The van der Waals surface area contributed by atoms with Crippen LogP contribution in [0.15, 0.2) is 21.7 Å². The Bertz CT molecular complexity index is 240. The molecule has 0 spiro atoms. The zero-order valence-corrected chi connectivity index (χ0v) is 6.45. The van der Waals surface area contributed by atoms with Crippen molar-refractivity contribution in [3.8, 4) is 0 Å². The van der Waals surface area contributed by atoms with Crippen LogP contribution < -0.4 is 0 Å². The maximum absolute atomic E-state index is 8.17. The highest BCUT2D eigenvalue weighted by Gasteiger charge is 1.97. The molecule has 0 radical (unpaired) electrons. The highest BCUT2D eigenvalue weighted by atomic mass is 16.4. The molecule has 0 saturated heterocycles.